The standard InChI is InChI=1S/C24H18Cl2N4/c25-19-10-6-17(7-11-19)22-24(29-15-14-27-16-29)23(18-8-12-20(26)13-9-18)30(28-22)21-4-2-1-3-5-21/h1-16,23-24H/t23-,24+/m1/s1. The maximum absolute atomic E-state index is 6.18. The van der Waals surface area contributed by atoms with Gasteiger partial charge in [-0.25, -0.2) is 4.98 Å². The van der Waals surface area contributed by atoms with Crippen molar-refractivity contribution in [2.75, 3.05) is 5.01 Å². The van der Waals surface area contributed by atoms with Gasteiger partial charge in [0.05, 0.1) is 17.7 Å². The summed E-state index contributed by atoms with van der Waals surface area (Å²) in [6.45, 7) is 0. The molecule has 1 aliphatic rings. The number of imidazole rings is 1. The van der Waals surface area contributed by atoms with Gasteiger partial charge in [0.2, 0.25) is 0 Å². The van der Waals surface area contributed by atoms with Crippen LogP contribution in [0.2, 0.25) is 10.0 Å². The molecule has 2 atom stereocenters. The molecule has 5 rings (SSSR count). The third kappa shape index (κ3) is 3.49. The second kappa shape index (κ2) is 7.98. The Morgan fingerprint density at radius 1 is 0.733 bits per heavy atom. The minimum absolute atomic E-state index is 0.0652. The summed E-state index contributed by atoms with van der Waals surface area (Å²) in [6.07, 6.45) is 5.62. The van der Waals surface area contributed by atoms with Crippen molar-refractivity contribution < 1.29 is 0 Å². The van der Waals surface area contributed by atoms with E-state index in [2.05, 4.69) is 38.8 Å². The van der Waals surface area contributed by atoms with Gasteiger partial charge in [0, 0.05) is 28.0 Å². The quantitative estimate of drug-likeness (QED) is 0.373. The van der Waals surface area contributed by atoms with Gasteiger partial charge in [0.25, 0.3) is 0 Å². The maximum atomic E-state index is 6.18. The van der Waals surface area contributed by atoms with E-state index in [0.29, 0.717) is 10.0 Å². The Bertz CT molecular complexity index is 1150. The van der Waals surface area contributed by atoms with Crippen LogP contribution in [0.15, 0.2) is 103 Å². The van der Waals surface area contributed by atoms with Crippen LogP contribution in [-0.4, -0.2) is 15.3 Å². The summed E-state index contributed by atoms with van der Waals surface area (Å²) in [5, 5.41) is 8.59. The van der Waals surface area contributed by atoms with Crippen LogP contribution in [0, 0.1) is 0 Å². The van der Waals surface area contributed by atoms with Crippen LogP contribution in [0.3, 0.4) is 0 Å². The predicted octanol–water partition coefficient (Wildman–Crippen LogP) is 6.40. The molecule has 0 unspecified atom stereocenters. The summed E-state index contributed by atoms with van der Waals surface area (Å²) in [6, 6.07) is 25.8. The van der Waals surface area contributed by atoms with Crippen molar-refractivity contribution >= 4 is 34.6 Å². The average Bonchev–Trinajstić information content (AvgIpc) is 3.43. The summed E-state index contributed by atoms with van der Waals surface area (Å²) >= 11 is 12.3. The first-order valence-electron chi connectivity index (χ1n) is 9.62. The summed E-state index contributed by atoms with van der Waals surface area (Å²) < 4.78 is 2.11. The highest BCUT2D eigenvalue weighted by atomic mass is 35.5. The fourth-order valence-electron chi connectivity index (χ4n) is 3.89. The van der Waals surface area contributed by atoms with E-state index in [9.17, 15) is 0 Å². The number of rotatable bonds is 4. The highest BCUT2D eigenvalue weighted by Gasteiger charge is 2.40. The highest BCUT2D eigenvalue weighted by Crippen LogP contribution is 2.43. The lowest BCUT2D eigenvalue weighted by Gasteiger charge is -2.29. The Morgan fingerprint density at radius 2 is 1.40 bits per heavy atom. The first kappa shape index (κ1) is 18.9. The molecular formula is C24H18Cl2N4. The lowest BCUT2D eigenvalue weighted by molar-refractivity contribution is 0.527. The molecule has 0 spiro atoms. The minimum atomic E-state index is -0.0740. The van der Waals surface area contributed by atoms with Crippen molar-refractivity contribution in [1.82, 2.24) is 9.55 Å². The van der Waals surface area contributed by atoms with Gasteiger partial charge in [-0.2, -0.15) is 5.10 Å². The van der Waals surface area contributed by atoms with E-state index in [1.54, 1.807) is 6.20 Å². The maximum Gasteiger partial charge on any atom is 0.106 e. The predicted molar refractivity (Wildman–Crippen MR) is 122 cm³/mol. The Labute approximate surface area is 185 Å². The molecule has 0 amide bonds. The van der Waals surface area contributed by atoms with Gasteiger partial charge in [-0.1, -0.05) is 65.7 Å². The molecule has 0 bridgehead atoms. The smallest absolute Gasteiger partial charge is 0.106 e. The lowest BCUT2D eigenvalue weighted by Crippen LogP contribution is -2.27. The van der Waals surface area contributed by atoms with Crippen molar-refractivity contribution in [2.45, 2.75) is 12.1 Å². The molecule has 0 fully saturated rings. The van der Waals surface area contributed by atoms with E-state index >= 15 is 0 Å². The number of para-hydroxylation sites is 1. The fraction of sp³-hybridized carbons (Fsp3) is 0.0833. The second-order valence-corrected chi connectivity index (χ2v) is 8.00. The third-order valence-electron chi connectivity index (χ3n) is 5.28. The van der Waals surface area contributed by atoms with Gasteiger partial charge in [0.15, 0.2) is 0 Å². The lowest BCUT2D eigenvalue weighted by atomic mass is 9.92. The third-order valence-corrected chi connectivity index (χ3v) is 5.78. The van der Waals surface area contributed by atoms with E-state index in [1.165, 1.54) is 0 Å². The molecule has 0 N–H and O–H groups in total. The first-order chi connectivity index (χ1) is 14.7. The summed E-state index contributed by atoms with van der Waals surface area (Å²) in [5.74, 6) is 0. The largest absolute Gasteiger partial charge is 0.326 e. The van der Waals surface area contributed by atoms with Gasteiger partial charge in [-0.05, 0) is 42.0 Å². The zero-order valence-corrected chi connectivity index (χ0v) is 17.4. The minimum Gasteiger partial charge on any atom is -0.326 e. The number of benzene rings is 3. The summed E-state index contributed by atoms with van der Waals surface area (Å²) in [7, 11) is 0. The molecule has 1 aromatic heterocycles. The molecule has 3 aromatic carbocycles. The molecule has 148 valence electrons. The normalized spacial score (nSPS) is 18.5. The van der Waals surface area contributed by atoms with Crippen molar-refractivity contribution in [1.29, 1.82) is 0 Å². The number of anilines is 1. The van der Waals surface area contributed by atoms with E-state index in [4.69, 9.17) is 28.3 Å². The Balaban J connectivity index is 1.70. The van der Waals surface area contributed by atoms with E-state index in [1.807, 2.05) is 67.1 Å². The second-order valence-electron chi connectivity index (χ2n) is 7.12. The van der Waals surface area contributed by atoms with Crippen LogP contribution in [0.4, 0.5) is 5.69 Å². The van der Waals surface area contributed by atoms with E-state index in [-0.39, 0.29) is 12.1 Å². The summed E-state index contributed by atoms with van der Waals surface area (Å²) in [5.41, 5.74) is 4.12. The number of hydrogen-bond donors (Lipinski definition) is 0. The summed E-state index contributed by atoms with van der Waals surface area (Å²) in [4.78, 5) is 4.30. The first-order valence-corrected chi connectivity index (χ1v) is 10.4. The molecule has 0 radical (unpaired) electrons. The van der Waals surface area contributed by atoms with E-state index < -0.39 is 0 Å². The van der Waals surface area contributed by atoms with Crippen LogP contribution in [0.5, 0.6) is 0 Å². The monoisotopic (exact) mass is 432 g/mol. The molecule has 0 aliphatic carbocycles. The van der Waals surface area contributed by atoms with Crippen molar-refractivity contribution in [3.8, 4) is 0 Å². The van der Waals surface area contributed by atoms with Crippen molar-refractivity contribution in [3.05, 3.63) is 119 Å². The Hall–Kier alpha value is -3.08. The molecular weight excluding hydrogens is 415 g/mol. The zero-order valence-electron chi connectivity index (χ0n) is 15.9. The van der Waals surface area contributed by atoms with E-state index in [0.717, 1.165) is 22.5 Å². The van der Waals surface area contributed by atoms with Crippen LogP contribution >= 0.6 is 23.2 Å². The molecule has 4 aromatic rings. The average molecular weight is 433 g/mol. The molecule has 4 nitrogen and oxygen atoms in total. The highest BCUT2D eigenvalue weighted by molar-refractivity contribution is 6.31. The SMILES string of the molecule is Clc1ccc(C2=NN(c3ccccc3)[C@H](c3ccc(Cl)cc3)[C@H]2n2ccnc2)cc1. The van der Waals surface area contributed by atoms with Gasteiger partial charge >= 0.3 is 0 Å². The zero-order chi connectivity index (χ0) is 20.5. The number of aromatic nitrogens is 2. The molecule has 2 heterocycles. The number of hydrazone groups is 1. The fourth-order valence-corrected chi connectivity index (χ4v) is 4.14. The van der Waals surface area contributed by atoms with Crippen molar-refractivity contribution in [2.24, 2.45) is 5.10 Å². The number of hydrogen-bond acceptors (Lipinski definition) is 3. The molecule has 30 heavy (non-hydrogen) atoms. The number of nitrogens with zero attached hydrogens (tertiary/aromatic N) is 4. The Kier molecular flexibility index (Phi) is 5.03. The Morgan fingerprint density at radius 3 is 2.03 bits per heavy atom. The van der Waals surface area contributed by atoms with Crippen LogP contribution in [0.1, 0.15) is 23.2 Å². The van der Waals surface area contributed by atoms with Gasteiger partial charge < -0.3 is 4.57 Å². The van der Waals surface area contributed by atoms with Crippen molar-refractivity contribution in [3.63, 3.8) is 0 Å². The topological polar surface area (TPSA) is 33.4 Å². The van der Waals surface area contributed by atoms with Gasteiger partial charge in [-0.15, -0.1) is 0 Å². The van der Waals surface area contributed by atoms with Gasteiger partial charge in [-0.3, -0.25) is 5.01 Å². The van der Waals surface area contributed by atoms with Crippen LogP contribution < -0.4 is 5.01 Å². The molecule has 6 heteroatoms. The van der Waals surface area contributed by atoms with Crippen LogP contribution in [-0.2, 0) is 0 Å². The van der Waals surface area contributed by atoms with Gasteiger partial charge in [0.1, 0.15) is 12.1 Å². The number of halogens is 2. The van der Waals surface area contributed by atoms with Crippen LogP contribution in [0.25, 0.3) is 0 Å². The molecule has 0 saturated heterocycles. The molecule has 1 aliphatic heterocycles. The molecule has 0 saturated carbocycles.